The predicted octanol–water partition coefficient (Wildman–Crippen LogP) is 3.07. The Morgan fingerprint density at radius 3 is 3.09 bits per heavy atom. The van der Waals surface area contributed by atoms with E-state index in [0.29, 0.717) is 12.3 Å². The van der Waals surface area contributed by atoms with E-state index in [9.17, 15) is 4.79 Å². The predicted molar refractivity (Wildman–Crippen MR) is 86.1 cm³/mol. The third-order valence-electron chi connectivity index (χ3n) is 3.09. The third kappa shape index (κ3) is 3.35. The number of rotatable bonds is 5. The van der Waals surface area contributed by atoms with E-state index in [1.807, 2.05) is 29.2 Å². The highest BCUT2D eigenvalue weighted by Gasteiger charge is 2.08. The highest BCUT2D eigenvalue weighted by atomic mass is 32.1. The van der Waals surface area contributed by atoms with E-state index in [1.54, 1.807) is 35.8 Å². The van der Waals surface area contributed by atoms with Gasteiger partial charge in [-0.1, -0.05) is 6.07 Å². The van der Waals surface area contributed by atoms with Gasteiger partial charge in [-0.25, -0.2) is 0 Å². The Hall–Kier alpha value is -2.60. The SMILES string of the molecule is Cn1nc(CNC(=O)/C=C/c2ccco2)cc1-c1cccs1. The first-order valence-corrected chi connectivity index (χ1v) is 7.66. The molecule has 0 bridgehead atoms. The average molecular weight is 313 g/mol. The number of nitrogens with one attached hydrogen (secondary N) is 1. The maximum atomic E-state index is 11.8. The molecule has 0 saturated carbocycles. The van der Waals surface area contributed by atoms with Crippen molar-refractivity contribution >= 4 is 23.3 Å². The van der Waals surface area contributed by atoms with Crippen LogP contribution in [0.15, 0.2) is 52.5 Å². The Morgan fingerprint density at radius 2 is 2.36 bits per heavy atom. The minimum atomic E-state index is -0.181. The second kappa shape index (κ2) is 6.44. The molecule has 0 aliphatic carbocycles. The van der Waals surface area contributed by atoms with Gasteiger partial charge in [-0.15, -0.1) is 11.3 Å². The maximum Gasteiger partial charge on any atom is 0.244 e. The van der Waals surface area contributed by atoms with Crippen molar-refractivity contribution in [2.24, 2.45) is 7.05 Å². The zero-order chi connectivity index (χ0) is 15.4. The molecule has 1 N–H and O–H groups in total. The van der Waals surface area contributed by atoms with Crippen LogP contribution in [-0.4, -0.2) is 15.7 Å². The molecule has 3 rings (SSSR count). The van der Waals surface area contributed by atoms with Crippen molar-refractivity contribution in [3.63, 3.8) is 0 Å². The lowest BCUT2D eigenvalue weighted by atomic mass is 10.3. The van der Waals surface area contributed by atoms with Crippen LogP contribution in [0.1, 0.15) is 11.5 Å². The van der Waals surface area contributed by atoms with Crippen molar-refractivity contribution in [1.82, 2.24) is 15.1 Å². The highest BCUT2D eigenvalue weighted by Crippen LogP contribution is 2.24. The molecule has 112 valence electrons. The van der Waals surface area contributed by atoms with Gasteiger partial charge in [0.05, 0.1) is 29.1 Å². The van der Waals surface area contributed by atoms with Gasteiger partial charge in [0.15, 0.2) is 0 Å². The topological polar surface area (TPSA) is 60.1 Å². The van der Waals surface area contributed by atoms with Crippen LogP contribution >= 0.6 is 11.3 Å². The van der Waals surface area contributed by atoms with Crippen LogP contribution in [0, 0.1) is 0 Å². The lowest BCUT2D eigenvalue weighted by Crippen LogP contribution is -2.20. The van der Waals surface area contributed by atoms with E-state index in [0.717, 1.165) is 16.3 Å². The first-order chi connectivity index (χ1) is 10.7. The Kier molecular flexibility index (Phi) is 4.20. The Morgan fingerprint density at radius 1 is 1.45 bits per heavy atom. The van der Waals surface area contributed by atoms with Crippen molar-refractivity contribution < 1.29 is 9.21 Å². The van der Waals surface area contributed by atoms with Gasteiger partial charge >= 0.3 is 0 Å². The molecule has 0 aliphatic heterocycles. The summed E-state index contributed by atoms with van der Waals surface area (Å²) in [7, 11) is 1.90. The van der Waals surface area contributed by atoms with Gasteiger partial charge < -0.3 is 9.73 Å². The summed E-state index contributed by atoms with van der Waals surface area (Å²) in [6.07, 6.45) is 4.64. The fourth-order valence-electron chi connectivity index (χ4n) is 2.05. The molecule has 0 aliphatic rings. The number of aromatic nitrogens is 2. The van der Waals surface area contributed by atoms with E-state index in [2.05, 4.69) is 16.5 Å². The monoisotopic (exact) mass is 313 g/mol. The third-order valence-corrected chi connectivity index (χ3v) is 3.98. The van der Waals surface area contributed by atoms with Gasteiger partial charge in [-0.3, -0.25) is 9.48 Å². The van der Waals surface area contributed by atoms with E-state index in [1.165, 1.54) is 6.08 Å². The zero-order valence-electron chi connectivity index (χ0n) is 12.0. The Balaban J connectivity index is 1.60. The number of carbonyl (C=O) groups excluding carboxylic acids is 1. The van der Waals surface area contributed by atoms with Gasteiger partial charge in [0, 0.05) is 13.1 Å². The van der Waals surface area contributed by atoms with Crippen molar-refractivity contribution in [3.8, 4) is 10.6 Å². The first kappa shape index (κ1) is 14.3. The lowest BCUT2D eigenvalue weighted by molar-refractivity contribution is -0.116. The molecule has 0 atom stereocenters. The van der Waals surface area contributed by atoms with Crippen molar-refractivity contribution in [2.45, 2.75) is 6.54 Å². The molecule has 0 fully saturated rings. The standard InChI is InChI=1S/C16H15N3O2S/c1-19-14(15-5-3-9-22-15)10-12(18-19)11-17-16(20)7-6-13-4-2-8-21-13/h2-10H,11H2,1H3,(H,17,20)/b7-6+. The number of hydrogen-bond acceptors (Lipinski definition) is 4. The fourth-order valence-corrected chi connectivity index (χ4v) is 2.82. The maximum absolute atomic E-state index is 11.8. The lowest BCUT2D eigenvalue weighted by Gasteiger charge is -1.97. The molecule has 0 unspecified atom stereocenters. The summed E-state index contributed by atoms with van der Waals surface area (Å²) >= 11 is 1.66. The van der Waals surface area contributed by atoms with Gasteiger partial charge in [-0.2, -0.15) is 5.10 Å². The van der Waals surface area contributed by atoms with Crippen LogP contribution in [0.4, 0.5) is 0 Å². The second-order valence-electron chi connectivity index (χ2n) is 4.69. The Bertz CT molecular complexity index is 771. The molecule has 3 heterocycles. The van der Waals surface area contributed by atoms with Gasteiger partial charge in [0.2, 0.25) is 5.91 Å². The molecule has 3 aromatic rings. The highest BCUT2D eigenvalue weighted by molar-refractivity contribution is 7.13. The molecular formula is C16H15N3O2S. The van der Waals surface area contributed by atoms with Crippen molar-refractivity contribution in [1.29, 1.82) is 0 Å². The van der Waals surface area contributed by atoms with Crippen LogP contribution in [0.2, 0.25) is 0 Å². The molecule has 0 saturated heterocycles. The normalized spacial score (nSPS) is 11.1. The zero-order valence-corrected chi connectivity index (χ0v) is 12.8. The number of amides is 1. The summed E-state index contributed by atoms with van der Waals surface area (Å²) in [5.74, 6) is 0.465. The van der Waals surface area contributed by atoms with Gasteiger partial charge in [-0.05, 0) is 35.7 Å². The average Bonchev–Trinajstić information content (AvgIpc) is 3.24. The molecule has 0 radical (unpaired) electrons. The molecule has 0 spiro atoms. The summed E-state index contributed by atoms with van der Waals surface area (Å²) in [5.41, 5.74) is 1.87. The molecule has 3 aromatic heterocycles. The fraction of sp³-hybridized carbons (Fsp3) is 0.125. The summed E-state index contributed by atoms with van der Waals surface area (Å²) < 4.78 is 6.95. The van der Waals surface area contributed by atoms with Crippen LogP contribution in [0.3, 0.4) is 0 Å². The van der Waals surface area contributed by atoms with Gasteiger partial charge in [0.1, 0.15) is 5.76 Å². The smallest absolute Gasteiger partial charge is 0.244 e. The number of hydrogen-bond donors (Lipinski definition) is 1. The second-order valence-corrected chi connectivity index (χ2v) is 5.64. The van der Waals surface area contributed by atoms with Crippen molar-refractivity contribution in [3.05, 3.63) is 59.5 Å². The van der Waals surface area contributed by atoms with Crippen LogP contribution in [0.25, 0.3) is 16.6 Å². The summed E-state index contributed by atoms with van der Waals surface area (Å²) in [6.45, 7) is 0.389. The summed E-state index contributed by atoms with van der Waals surface area (Å²) in [5, 5.41) is 9.25. The molecule has 5 nitrogen and oxygen atoms in total. The largest absolute Gasteiger partial charge is 0.465 e. The summed E-state index contributed by atoms with van der Waals surface area (Å²) in [4.78, 5) is 12.9. The van der Waals surface area contributed by atoms with E-state index >= 15 is 0 Å². The van der Waals surface area contributed by atoms with Crippen LogP contribution in [0.5, 0.6) is 0 Å². The van der Waals surface area contributed by atoms with Crippen LogP contribution in [-0.2, 0) is 18.4 Å². The number of aryl methyl sites for hydroxylation is 1. The van der Waals surface area contributed by atoms with E-state index in [4.69, 9.17) is 4.42 Å². The summed E-state index contributed by atoms with van der Waals surface area (Å²) in [6, 6.07) is 9.61. The van der Waals surface area contributed by atoms with E-state index < -0.39 is 0 Å². The molecule has 6 heteroatoms. The van der Waals surface area contributed by atoms with Crippen LogP contribution < -0.4 is 5.32 Å². The Labute approximate surface area is 131 Å². The van der Waals surface area contributed by atoms with Gasteiger partial charge in [0.25, 0.3) is 0 Å². The molecule has 22 heavy (non-hydrogen) atoms. The quantitative estimate of drug-likeness (QED) is 0.736. The molecule has 0 aromatic carbocycles. The number of carbonyl (C=O) groups is 1. The minimum Gasteiger partial charge on any atom is -0.465 e. The molecular weight excluding hydrogens is 298 g/mol. The number of furan rings is 1. The number of nitrogens with zero attached hydrogens (tertiary/aromatic N) is 2. The van der Waals surface area contributed by atoms with E-state index in [-0.39, 0.29) is 5.91 Å². The minimum absolute atomic E-state index is 0.181. The van der Waals surface area contributed by atoms with Crippen molar-refractivity contribution in [2.75, 3.05) is 0 Å². The first-order valence-electron chi connectivity index (χ1n) is 6.78. The molecule has 1 amide bonds. The number of thiophene rings is 1.